The molecule has 0 unspecified atom stereocenters. The highest BCUT2D eigenvalue weighted by molar-refractivity contribution is 5.92. The number of benzene rings is 1. The lowest BCUT2D eigenvalue weighted by atomic mass is 9.99. The summed E-state index contributed by atoms with van der Waals surface area (Å²) in [4.78, 5) is 22.7. The molecule has 1 aromatic carbocycles. The molecule has 3 N–H and O–H groups in total. The Kier molecular flexibility index (Phi) is 5.42. The number of hydrogen-bond donors (Lipinski definition) is 3. The summed E-state index contributed by atoms with van der Waals surface area (Å²) in [5.74, 6) is -3.16. The standard InChI is InChI=1S/C13H16F2N2O3/c1-3-7(2)11(12(18)19)17-13(20)16-10-5-4-8(14)6-9(10)15/h4-7,11H,3H2,1-2H3,(H,18,19)(H2,16,17,20)/t7-,11-/m0/s1. The van der Waals surface area contributed by atoms with Crippen LogP contribution in [0.4, 0.5) is 19.3 Å². The molecule has 0 radical (unpaired) electrons. The van der Waals surface area contributed by atoms with Gasteiger partial charge < -0.3 is 15.7 Å². The van der Waals surface area contributed by atoms with E-state index in [1.54, 1.807) is 13.8 Å². The van der Waals surface area contributed by atoms with E-state index >= 15 is 0 Å². The Hall–Kier alpha value is -2.18. The number of carbonyl (C=O) groups excluding carboxylic acids is 1. The van der Waals surface area contributed by atoms with Crippen LogP contribution in [0.5, 0.6) is 0 Å². The lowest BCUT2D eigenvalue weighted by Crippen LogP contribution is -2.46. The topological polar surface area (TPSA) is 78.4 Å². The summed E-state index contributed by atoms with van der Waals surface area (Å²) >= 11 is 0. The van der Waals surface area contributed by atoms with Crippen LogP contribution in [0.3, 0.4) is 0 Å². The molecule has 1 aromatic rings. The molecule has 2 amide bonds. The van der Waals surface area contributed by atoms with Gasteiger partial charge in [-0.3, -0.25) is 0 Å². The second-order valence-corrected chi connectivity index (χ2v) is 4.42. The van der Waals surface area contributed by atoms with E-state index in [9.17, 15) is 18.4 Å². The zero-order valence-corrected chi connectivity index (χ0v) is 11.1. The zero-order chi connectivity index (χ0) is 15.3. The van der Waals surface area contributed by atoms with Gasteiger partial charge in [0.1, 0.15) is 17.7 Å². The van der Waals surface area contributed by atoms with Gasteiger partial charge in [-0.2, -0.15) is 0 Å². The molecule has 7 heteroatoms. The van der Waals surface area contributed by atoms with E-state index in [0.29, 0.717) is 12.5 Å². The summed E-state index contributed by atoms with van der Waals surface area (Å²) in [5.41, 5.74) is -0.225. The van der Waals surface area contributed by atoms with E-state index in [0.717, 1.165) is 12.1 Å². The van der Waals surface area contributed by atoms with Crippen LogP contribution in [0.2, 0.25) is 0 Å². The average Bonchev–Trinajstić information content (AvgIpc) is 2.38. The third-order valence-corrected chi connectivity index (χ3v) is 2.94. The van der Waals surface area contributed by atoms with E-state index in [1.165, 1.54) is 0 Å². The summed E-state index contributed by atoms with van der Waals surface area (Å²) in [6, 6.07) is 0.733. The monoisotopic (exact) mass is 286 g/mol. The first-order valence-electron chi connectivity index (χ1n) is 6.10. The summed E-state index contributed by atoms with van der Waals surface area (Å²) in [7, 11) is 0. The zero-order valence-electron chi connectivity index (χ0n) is 11.1. The molecule has 20 heavy (non-hydrogen) atoms. The molecule has 0 aliphatic rings. The maximum Gasteiger partial charge on any atom is 0.326 e. The highest BCUT2D eigenvalue weighted by atomic mass is 19.1. The van der Waals surface area contributed by atoms with E-state index in [4.69, 9.17) is 5.11 Å². The first-order chi connectivity index (χ1) is 9.35. The Morgan fingerprint density at radius 1 is 1.35 bits per heavy atom. The number of hydrogen-bond acceptors (Lipinski definition) is 2. The number of anilines is 1. The first kappa shape index (κ1) is 15.9. The van der Waals surface area contributed by atoms with E-state index < -0.39 is 29.7 Å². The Bertz CT molecular complexity index is 508. The minimum absolute atomic E-state index is 0.225. The summed E-state index contributed by atoms with van der Waals surface area (Å²) in [6.07, 6.45) is 0.558. The van der Waals surface area contributed by atoms with Gasteiger partial charge in [0.2, 0.25) is 0 Å². The predicted octanol–water partition coefficient (Wildman–Crippen LogP) is 2.59. The maximum absolute atomic E-state index is 13.3. The van der Waals surface area contributed by atoms with Crippen LogP contribution >= 0.6 is 0 Å². The van der Waals surface area contributed by atoms with Crippen molar-refractivity contribution in [2.75, 3.05) is 5.32 Å². The number of urea groups is 1. The molecular formula is C13H16F2N2O3. The van der Waals surface area contributed by atoms with Crippen LogP contribution in [0.25, 0.3) is 0 Å². The molecule has 0 aromatic heterocycles. The van der Waals surface area contributed by atoms with Gasteiger partial charge in [0.25, 0.3) is 0 Å². The highest BCUT2D eigenvalue weighted by Crippen LogP contribution is 2.15. The van der Waals surface area contributed by atoms with Crippen LogP contribution in [-0.4, -0.2) is 23.1 Å². The van der Waals surface area contributed by atoms with Gasteiger partial charge >= 0.3 is 12.0 Å². The molecule has 110 valence electrons. The Morgan fingerprint density at radius 3 is 2.50 bits per heavy atom. The van der Waals surface area contributed by atoms with Crippen LogP contribution < -0.4 is 10.6 Å². The minimum atomic E-state index is -1.17. The van der Waals surface area contributed by atoms with E-state index in [2.05, 4.69) is 10.6 Å². The second kappa shape index (κ2) is 6.83. The van der Waals surface area contributed by atoms with Crippen molar-refractivity contribution < 1.29 is 23.5 Å². The highest BCUT2D eigenvalue weighted by Gasteiger charge is 2.25. The maximum atomic E-state index is 13.3. The van der Waals surface area contributed by atoms with Gasteiger partial charge in [0.05, 0.1) is 5.69 Å². The number of aliphatic carboxylic acids is 1. The first-order valence-corrected chi connectivity index (χ1v) is 6.10. The van der Waals surface area contributed by atoms with Gasteiger partial charge in [0, 0.05) is 6.07 Å². The lowest BCUT2D eigenvalue weighted by molar-refractivity contribution is -0.140. The summed E-state index contributed by atoms with van der Waals surface area (Å²) in [5, 5.41) is 13.4. The molecule has 0 fully saturated rings. The molecule has 1 rings (SSSR count). The van der Waals surface area contributed by atoms with Gasteiger partial charge in [-0.1, -0.05) is 20.3 Å². The van der Waals surface area contributed by atoms with Crippen molar-refractivity contribution in [2.45, 2.75) is 26.3 Å². The van der Waals surface area contributed by atoms with Crippen molar-refractivity contribution in [3.63, 3.8) is 0 Å². The number of carbonyl (C=O) groups is 2. The largest absolute Gasteiger partial charge is 0.480 e. The molecule has 0 spiro atoms. The van der Waals surface area contributed by atoms with Gasteiger partial charge in [-0.05, 0) is 18.1 Å². The van der Waals surface area contributed by atoms with Crippen LogP contribution in [0, 0.1) is 17.6 Å². The Morgan fingerprint density at radius 2 is 2.00 bits per heavy atom. The molecule has 0 bridgehead atoms. The molecule has 0 aliphatic carbocycles. The fourth-order valence-corrected chi connectivity index (χ4v) is 1.57. The number of amides is 2. The molecule has 0 heterocycles. The predicted molar refractivity (Wildman–Crippen MR) is 69.4 cm³/mol. The quantitative estimate of drug-likeness (QED) is 0.778. The van der Waals surface area contributed by atoms with Crippen molar-refractivity contribution in [3.8, 4) is 0 Å². The smallest absolute Gasteiger partial charge is 0.326 e. The van der Waals surface area contributed by atoms with Crippen molar-refractivity contribution in [1.82, 2.24) is 5.32 Å². The molecular weight excluding hydrogens is 270 g/mol. The molecule has 5 nitrogen and oxygen atoms in total. The second-order valence-electron chi connectivity index (χ2n) is 4.42. The third kappa shape index (κ3) is 4.18. The lowest BCUT2D eigenvalue weighted by Gasteiger charge is -2.20. The SMILES string of the molecule is CC[C@H](C)[C@H](NC(=O)Nc1ccc(F)cc1F)C(=O)O. The van der Waals surface area contributed by atoms with Crippen LogP contribution in [-0.2, 0) is 4.79 Å². The summed E-state index contributed by atoms with van der Waals surface area (Å²) in [6.45, 7) is 3.47. The molecule has 0 saturated carbocycles. The van der Waals surface area contributed by atoms with Gasteiger partial charge in [-0.15, -0.1) is 0 Å². The number of carboxylic acids is 1. The van der Waals surface area contributed by atoms with E-state index in [-0.39, 0.29) is 11.6 Å². The molecule has 2 atom stereocenters. The molecule has 0 saturated heterocycles. The third-order valence-electron chi connectivity index (χ3n) is 2.94. The average molecular weight is 286 g/mol. The number of halogens is 2. The van der Waals surface area contributed by atoms with Crippen LogP contribution in [0.15, 0.2) is 18.2 Å². The number of nitrogens with one attached hydrogen (secondary N) is 2. The van der Waals surface area contributed by atoms with Crippen molar-refractivity contribution in [3.05, 3.63) is 29.8 Å². The van der Waals surface area contributed by atoms with Gasteiger partial charge in [0.15, 0.2) is 0 Å². The van der Waals surface area contributed by atoms with E-state index in [1.807, 2.05) is 0 Å². The van der Waals surface area contributed by atoms with Crippen LogP contribution in [0.1, 0.15) is 20.3 Å². The summed E-state index contributed by atoms with van der Waals surface area (Å²) < 4.78 is 26.0. The van der Waals surface area contributed by atoms with Crippen molar-refractivity contribution in [2.24, 2.45) is 5.92 Å². The minimum Gasteiger partial charge on any atom is -0.480 e. The Balaban J connectivity index is 2.73. The molecule has 0 aliphatic heterocycles. The van der Waals surface area contributed by atoms with Gasteiger partial charge in [-0.25, -0.2) is 18.4 Å². The number of carboxylic acid groups (broad SMARTS) is 1. The number of rotatable bonds is 5. The van der Waals surface area contributed by atoms with Crippen molar-refractivity contribution in [1.29, 1.82) is 0 Å². The Labute approximate surface area is 115 Å². The van der Waals surface area contributed by atoms with Crippen molar-refractivity contribution >= 4 is 17.7 Å². The fraction of sp³-hybridized carbons (Fsp3) is 0.385. The normalized spacial score (nSPS) is 13.4. The fourth-order valence-electron chi connectivity index (χ4n) is 1.57.